The average Bonchev–Trinajstić information content (AvgIpc) is 2.24. The van der Waals surface area contributed by atoms with Crippen molar-refractivity contribution in [2.45, 2.75) is 40.2 Å². The first-order valence-corrected chi connectivity index (χ1v) is 5.06. The molecule has 0 aliphatic heterocycles. The van der Waals surface area contributed by atoms with Crippen molar-refractivity contribution in [2.24, 2.45) is 16.3 Å². The molecule has 0 rings (SSSR count). The highest BCUT2D eigenvalue weighted by molar-refractivity contribution is 6.06. The maximum Gasteiger partial charge on any atom is 0.236 e. The molecule has 15 heavy (non-hydrogen) atoms. The lowest BCUT2D eigenvalue weighted by atomic mass is 9.84. The normalized spacial score (nSPS) is 16.3. The highest BCUT2D eigenvalue weighted by atomic mass is 16.4. The van der Waals surface area contributed by atoms with Gasteiger partial charge in [0, 0.05) is 13.1 Å². The van der Waals surface area contributed by atoms with Crippen molar-refractivity contribution < 1.29 is 10.0 Å². The molecule has 0 aliphatic rings. The first kappa shape index (κ1) is 13.7. The van der Waals surface area contributed by atoms with E-state index in [1.807, 2.05) is 20.8 Å². The number of nitrogens with zero attached hydrogens (tertiary/aromatic N) is 2. The van der Waals surface area contributed by atoms with E-state index in [0.717, 1.165) is 0 Å². The van der Waals surface area contributed by atoms with Gasteiger partial charge in [-0.05, 0) is 27.2 Å². The molecule has 0 heterocycles. The summed E-state index contributed by atoms with van der Waals surface area (Å²) in [6.45, 7) is 7.36. The summed E-state index contributed by atoms with van der Waals surface area (Å²) >= 11 is 0. The Hall–Kier alpha value is -1.26. The van der Waals surface area contributed by atoms with Gasteiger partial charge in [0.25, 0.3) is 0 Å². The molecule has 5 heteroatoms. The summed E-state index contributed by atoms with van der Waals surface area (Å²) in [6.07, 6.45) is 0.499. The van der Waals surface area contributed by atoms with Crippen LogP contribution in [0, 0.1) is 5.41 Å². The largest absolute Gasteiger partial charge is 0.409 e. The number of oxime groups is 1. The molecule has 0 radical (unpaired) electrons. The van der Waals surface area contributed by atoms with E-state index in [4.69, 9.17) is 10.9 Å². The number of amides is 1. The van der Waals surface area contributed by atoms with Crippen LogP contribution in [0.5, 0.6) is 0 Å². The molecular formula is C10H21N3O2. The maximum atomic E-state index is 12.1. The lowest BCUT2D eigenvalue weighted by Crippen LogP contribution is -2.50. The molecule has 0 aromatic rings. The summed E-state index contributed by atoms with van der Waals surface area (Å²) in [7, 11) is 1.71. The Morgan fingerprint density at radius 2 is 2.07 bits per heavy atom. The minimum Gasteiger partial charge on any atom is -0.409 e. The molecule has 1 amide bonds. The Balaban J connectivity index is 5.06. The van der Waals surface area contributed by atoms with E-state index >= 15 is 0 Å². The molecule has 88 valence electrons. The third-order valence-electron chi connectivity index (χ3n) is 2.95. The van der Waals surface area contributed by atoms with E-state index in [1.54, 1.807) is 18.9 Å². The van der Waals surface area contributed by atoms with Crippen molar-refractivity contribution >= 4 is 11.7 Å². The molecule has 5 nitrogen and oxygen atoms in total. The van der Waals surface area contributed by atoms with Crippen molar-refractivity contribution in [3.63, 3.8) is 0 Å². The molecule has 0 saturated heterocycles. The van der Waals surface area contributed by atoms with Gasteiger partial charge in [-0.25, -0.2) is 0 Å². The van der Waals surface area contributed by atoms with Gasteiger partial charge >= 0.3 is 0 Å². The summed E-state index contributed by atoms with van der Waals surface area (Å²) in [5.74, 6) is -0.169. The monoisotopic (exact) mass is 215 g/mol. The second-order valence-electron chi connectivity index (χ2n) is 4.18. The summed E-state index contributed by atoms with van der Waals surface area (Å²) in [5, 5.41) is 11.6. The highest BCUT2D eigenvalue weighted by Crippen LogP contribution is 2.24. The second kappa shape index (κ2) is 5.00. The molecule has 0 bridgehead atoms. The molecule has 0 aliphatic carbocycles. The van der Waals surface area contributed by atoms with Gasteiger partial charge in [0.1, 0.15) is 5.41 Å². The van der Waals surface area contributed by atoms with Crippen molar-refractivity contribution in [1.29, 1.82) is 0 Å². The number of rotatable bonds is 4. The van der Waals surface area contributed by atoms with Gasteiger partial charge < -0.3 is 15.8 Å². The summed E-state index contributed by atoms with van der Waals surface area (Å²) in [5.41, 5.74) is 4.63. The predicted molar refractivity (Wildman–Crippen MR) is 59.7 cm³/mol. The lowest BCUT2D eigenvalue weighted by Gasteiger charge is -2.32. The van der Waals surface area contributed by atoms with Crippen LogP contribution < -0.4 is 5.73 Å². The molecule has 0 aromatic carbocycles. The van der Waals surface area contributed by atoms with E-state index in [-0.39, 0.29) is 17.8 Å². The molecule has 0 aromatic heterocycles. The second-order valence-corrected chi connectivity index (χ2v) is 4.18. The average molecular weight is 215 g/mol. The van der Waals surface area contributed by atoms with Crippen molar-refractivity contribution in [3.05, 3.63) is 0 Å². The Labute approximate surface area is 90.9 Å². The number of hydrogen-bond acceptors (Lipinski definition) is 3. The van der Waals surface area contributed by atoms with E-state index in [0.29, 0.717) is 6.42 Å². The van der Waals surface area contributed by atoms with Crippen LogP contribution >= 0.6 is 0 Å². The maximum absolute atomic E-state index is 12.1. The zero-order chi connectivity index (χ0) is 12.2. The zero-order valence-corrected chi connectivity index (χ0v) is 10.1. The summed E-state index contributed by atoms with van der Waals surface area (Å²) in [4.78, 5) is 13.7. The standard InChI is InChI=1S/C10H21N3O2/c1-6-10(4,8(11)12-15)9(14)13(5)7(2)3/h7,15H,6H2,1-5H3,(H2,11,12). The van der Waals surface area contributed by atoms with Crippen molar-refractivity contribution in [3.8, 4) is 0 Å². The summed E-state index contributed by atoms with van der Waals surface area (Å²) < 4.78 is 0. The molecule has 1 atom stereocenters. The Morgan fingerprint density at radius 3 is 2.33 bits per heavy atom. The Kier molecular flexibility index (Phi) is 4.58. The molecule has 0 saturated carbocycles. The zero-order valence-electron chi connectivity index (χ0n) is 10.1. The van der Waals surface area contributed by atoms with Crippen LogP contribution in [0.3, 0.4) is 0 Å². The van der Waals surface area contributed by atoms with E-state index in [2.05, 4.69) is 5.16 Å². The molecule has 3 N–H and O–H groups in total. The van der Waals surface area contributed by atoms with Crippen LogP contribution in [-0.2, 0) is 4.79 Å². The smallest absolute Gasteiger partial charge is 0.236 e. The third kappa shape index (κ3) is 2.61. The van der Waals surface area contributed by atoms with Crippen LogP contribution in [0.4, 0.5) is 0 Å². The SMILES string of the molecule is CCC(C)(C(=O)N(C)C(C)C)C(N)=NO. The van der Waals surface area contributed by atoms with Crippen LogP contribution in [0.25, 0.3) is 0 Å². The number of carbonyl (C=O) groups excluding carboxylic acids is 1. The number of carbonyl (C=O) groups is 1. The topological polar surface area (TPSA) is 78.9 Å². The fraction of sp³-hybridized carbons (Fsp3) is 0.800. The van der Waals surface area contributed by atoms with Crippen molar-refractivity contribution in [1.82, 2.24) is 4.90 Å². The van der Waals surface area contributed by atoms with Crippen LogP contribution in [-0.4, -0.2) is 34.9 Å². The van der Waals surface area contributed by atoms with Gasteiger partial charge in [0.2, 0.25) is 5.91 Å². The van der Waals surface area contributed by atoms with Gasteiger partial charge in [-0.2, -0.15) is 0 Å². The van der Waals surface area contributed by atoms with E-state index in [1.165, 1.54) is 0 Å². The molecule has 0 fully saturated rings. The summed E-state index contributed by atoms with van der Waals surface area (Å²) in [6, 6.07) is 0.0925. The Bertz CT molecular complexity index is 263. The molecule has 0 spiro atoms. The van der Waals surface area contributed by atoms with Gasteiger partial charge in [0.05, 0.1) is 0 Å². The predicted octanol–water partition coefficient (Wildman–Crippen LogP) is 1.02. The first-order chi connectivity index (χ1) is 6.81. The molecular weight excluding hydrogens is 194 g/mol. The van der Waals surface area contributed by atoms with Crippen LogP contribution in [0.1, 0.15) is 34.1 Å². The van der Waals surface area contributed by atoms with E-state index < -0.39 is 5.41 Å². The van der Waals surface area contributed by atoms with Gasteiger partial charge in [-0.15, -0.1) is 0 Å². The van der Waals surface area contributed by atoms with Crippen LogP contribution in [0.2, 0.25) is 0 Å². The number of amidine groups is 1. The van der Waals surface area contributed by atoms with E-state index in [9.17, 15) is 4.79 Å². The first-order valence-electron chi connectivity index (χ1n) is 5.06. The lowest BCUT2D eigenvalue weighted by molar-refractivity contribution is -0.138. The van der Waals surface area contributed by atoms with Crippen molar-refractivity contribution in [2.75, 3.05) is 7.05 Å². The number of hydrogen-bond donors (Lipinski definition) is 2. The van der Waals surface area contributed by atoms with Gasteiger partial charge in [0.15, 0.2) is 5.84 Å². The third-order valence-corrected chi connectivity index (χ3v) is 2.95. The minimum atomic E-state index is -0.923. The fourth-order valence-corrected chi connectivity index (χ4v) is 1.18. The highest BCUT2D eigenvalue weighted by Gasteiger charge is 2.38. The quantitative estimate of drug-likeness (QED) is 0.318. The fourth-order valence-electron chi connectivity index (χ4n) is 1.18. The minimum absolute atomic E-state index is 0.0394. The molecule has 1 unspecified atom stereocenters. The van der Waals surface area contributed by atoms with Crippen LogP contribution in [0.15, 0.2) is 5.16 Å². The van der Waals surface area contributed by atoms with Gasteiger partial charge in [-0.1, -0.05) is 12.1 Å². The number of nitrogens with two attached hydrogens (primary N) is 1. The van der Waals surface area contributed by atoms with Gasteiger partial charge in [-0.3, -0.25) is 4.79 Å². The Morgan fingerprint density at radius 1 is 1.60 bits per heavy atom.